The summed E-state index contributed by atoms with van der Waals surface area (Å²) in [7, 11) is 0. The van der Waals surface area contributed by atoms with E-state index in [4.69, 9.17) is 0 Å². The van der Waals surface area contributed by atoms with Gasteiger partial charge >= 0.3 is 0 Å². The van der Waals surface area contributed by atoms with Crippen LogP contribution in [0, 0.1) is 0 Å². The Balaban J connectivity index is 0. The third-order valence-corrected chi connectivity index (χ3v) is 0.387. The maximum Gasteiger partial charge on any atom is 0.00799 e. The van der Waals surface area contributed by atoms with Crippen LogP contribution in [0.5, 0.6) is 0 Å². The molecule has 3 radical (unpaired) electrons. The van der Waals surface area contributed by atoms with Crippen LogP contribution in [0.15, 0.2) is 12.7 Å². The molecule has 0 heterocycles. The summed E-state index contributed by atoms with van der Waals surface area (Å²) >= 11 is 3.80. The van der Waals surface area contributed by atoms with E-state index in [0.29, 0.717) is 0 Å². The summed E-state index contributed by atoms with van der Waals surface area (Å²) in [6, 6.07) is 0. The Labute approximate surface area is 40.3 Å². The molecule has 5 heavy (non-hydrogen) atoms. The van der Waals surface area contributed by atoms with Crippen LogP contribution in [0.1, 0.15) is 0 Å². The van der Waals surface area contributed by atoms with Gasteiger partial charge in [-0.1, -0.05) is 6.08 Å². The first-order valence-corrected chi connectivity index (χ1v) is 1.77. The van der Waals surface area contributed by atoms with Crippen LogP contribution < -0.4 is 0 Å². The fourth-order valence-corrected chi connectivity index (χ4v) is 0. The van der Waals surface area contributed by atoms with Crippen LogP contribution in [-0.2, 0) is 0 Å². The van der Waals surface area contributed by atoms with Crippen molar-refractivity contribution in [2.24, 2.45) is 0 Å². The predicted molar refractivity (Wildman–Crippen MR) is 29.8 cm³/mol. The SMILES string of the molecule is C=CCS.[B]. The first kappa shape index (κ1) is 8.94. The number of thiol groups is 1. The van der Waals surface area contributed by atoms with Gasteiger partial charge in [-0.25, -0.2) is 0 Å². The molecule has 0 N–H and O–H groups in total. The van der Waals surface area contributed by atoms with E-state index in [0.717, 1.165) is 5.75 Å². The maximum atomic E-state index is 3.80. The van der Waals surface area contributed by atoms with E-state index in [1.165, 1.54) is 0 Å². The van der Waals surface area contributed by atoms with Crippen LogP contribution in [0.2, 0.25) is 0 Å². The standard InChI is InChI=1S/C3H6S.B/c1-2-3-4;/h2,4H,1,3H2;. The van der Waals surface area contributed by atoms with E-state index in [2.05, 4.69) is 19.2 Å². The average Bonchev–Trinajstić information content (AvgIpc) is 1.37. The van der Waals surface area contributed by atoms with Crippen molar-refractivity contribution in [3.05, 3.63) is 12.7 Å². The van der Waals surface area contributed by atoms with Crippen molar-refractivity contribution >= 4 is 21.0 Å². The molecule has 0 rings (SSSR count). The summed E-state index contributed by atoms with van der Waals surface area (Å²) in [6.45, 7) is 3.40. The van der Waals surface area contributed by atoms with Gasteiger partial charge in [0.25, 0.3) is 0 Å². The zero-order valence-corrected chi connectivity index (χ0v) is 3.91. The van der Waals surface area contributed by atoms with Crippen molar-refractivity contribution in [2.75, 3.05) is 5.75 Å². The minimum Gasteiger partial charge on any atom is -0.175 e. The molecule has 0 fully saturated rings. The second kappa shape index (κ2) is 8.91. The molecule has 0 unspecified atom stereocenters. The van der Waals surface area contributed by atoms with E-state index in [-0.39, 0.29) is 8.41 Å². The Bertz CT molecular complexity index is 20.9. The third-order valence-electron chi connectivity index (χ3n) is 0.129. The maximum absolute atomic E-state index is 3.80. The van der Waals surface area contributed by atoms with Gasteiger partial charge in [0.1, 0.15) is 0 Å². The summed E-state index contributed by atoms with van der Waals surface area (Å²) < 4.78 is 0. The summed E-state index contributed by atoms with van der Waals surface area (Å²) in [5.41, 5.74) is 0. The molecule has 0 atom stereocenters. The zero-order chi connectivity index (χ0) is 3.41. The van der Waals surface area contributed by atoms with Crippen molar-refractivity contribution in [1.29, 1.82) is 0 Å². The molecule has 0 aliphatic rings. The first-order valence-electron chi connectivity index (χ1n) is 1.13. The number of rotatable bonds is 1. The van der Waals surface area contributed by atoms with Crippen LogP contribution in [-0.4, -0.2) is 14.2 Å². The van der Waals surface area contributed by atoms with Gasteiger partial charge in [-0.2, -0.15) is 12.6 Å². The Morgan fingerprint density at radius 2 is 2.00 bits per heavy atom. The van der Waals surface area contributed by atoms with E-state index in [9.17, 15) is 0 Å². The summed E-state index contributed by atoms with van der Waals surface area (Å²) in [5.74, 6) is 0.778. The topological polar surface area (TPSA) is 0 Å². The molecule has 27 valence electrons. The van der Waals surface area contributed by atoms with E-state index >= 15 is 0 Å². The highest BCUT2D eigenvalue weighted by molar-refractivity contribution is 7.80. The first-order chi connectivity index (χ1) is 1.91. The molecule has 0 aromatic carbocycles. The third kappa shape index (κ3) is 14.5. The molecular formula is C3H6BS. The molecule has 0 spiro atoms. The minimum atomic E-state index is 0. The molecule has 0 saturated heterocycles. The van der Waals surface area contributed by atoms with E-state index < -0.39 is 0 Å². The molecule has 0 saturated carbocycles. The number of hydrogen-bond acceptors (Lipinski definition) is 1. The van der Waals surface area contributed by atoms with Crippen molar-refractivity contribution in [3.63, 3.8) is 0 Å². The predicted octanol–water partition coefficient (Wildman–Crippen LogP) is 0.721. The van der Waals surface area contributed by atoms with Gasteiger partial charge in [0.2, 0.25) is 0 Å². The van der Waals surface area contributed by atoms with Crippen LogP contribution >= 0.6 is 12.6 Å². The second-order valence-electron chi connectivity index (χ2n) is 0.471. The van der Waals surface area contributed by atoms with Crippen molar-refractivity contribution in [3.8, 4) is 0 Å². The summed E-state index contributed by atoms with van der Waals surface area (Å²) in [6.07, 6.45) is 1.74. The van der Waals surface area contributed by atoms with Gasteiger partial charge in [-0.05, 0) is 0 Å². The fraction of sp³-hybridized carbons (Fsp3) is 0.333. The zero-order valence-electron chi connectivity index (χ0n) is 3.02. The highest BCUT2D eigenvalue weighted by Gasteiger charge is 1.45. The van der Waals surface area contributed by atoms with Gasteiger partial charge in [-0.15, -0.1) is 6.58 Å². The largest absolute Gasteiger partial charge is 0.175 e. The molecule has 0 bridgehead atoms. The lowest BCUT2D eigenvalue weighted by Gasteiger charge is -1.57. The van der Waals surface area contributed by atoms with Gasteiger partial charge in [0, 0.05) is 14.2 Å². The number of hydrogen-bond donors (Lipinski definition) is 1. The molecular weight excluding hydrogens is 78.9 g/mol. The monoisotopic (exact) mass is 85.0 g/mol. The molecule has 2 heteroatoms. The highest BCUT2D eigenvalue weighted by atomic mass is 32.1. The Morgan fingerprint density at radius 3 is 2.00 bits per heavy atom. The van der Waals surface area contributed by atoms with E-state index in [1.54, 1.807) is 6.08 Å². The van der Waals surface area contributed by atoms with Crippen molar-refractivity contribution in [1.82, 2.24) is 0 Å². The molecule has 0 amide bonds. The summed E-state index contributed by atoms with van der Waals surface area (Å²) in [5, 5.41) is 0. The minimum absolute atomic E-state index is 0. The van der Waals surface area contributed by atoms with Crippen LogP contribution in [0.4, 0.5) is 0 Å². The average molecular weight is 85.0 g/mol. The molecule has 0 aliphatic carbocycles. The lowest BCUT2D eigenvalue weighted by atomic mass is 10.8. The van der Waals surface area contributed by atoms with Gasteiger partial charge < -0.3 is 0 Å². The normalized spacial score (nSPS) is 5.00. The smallest absolute Gasteiger partial charge is 0.00799 e. The van der Waals surface area contributed by atoms with Crippen LogP contribution in [0.3, 0.4) is 0 Å². The fourth-order valence-electron chi connectivity index (χ4n) is 0. The lowest BCUT2D eigenvalue weighted by molar-refractivity contribution is 1.85. The van der Waals surface area contributed by atoms with Crippen LogP contribution in [0.25, 0.3) is 0 Å². The quantitative estimate of drug-likeness (QED) is 0.270. The van der Waals surface area contributed by atoms with E-state index in [1.807, 2.05) is 0 Å². The Morgan fingerprint density at radius 1 is 1.80 bits per heavy atom. The Kier molecular flexibility index (Phi) is 15.9. The van der Waals surface area contributed by atoms with Crippen molar-refractivity contribution in [2.45, 2.75) is 0 Å². The molecule has 0 aliphatic heterocycles. The molecule has 0 aromatic rings. The lowest BCUT2D eigenvalue weighted by Crippen LogP contribution is -1.45. The molecule has 0 aromatic heterocycles. The Hall–Kier alpha value is 0.155. The summed E-state index contributed by atoms with van der Waals surface area (Å²) in [4.78, 5) is 0. The van der Waals surface area contributed by atoms with Gasteiger partial charge in [-0.3, -0.25) is 0 Å². The highest BCUT2D eigenvalue weighted by Crippen LogP contribution is 1.65. The van der Waals surface area contributed by atoms with Gasteiger partial charge in [0.15, 0.2) is 0 Å². The molecule has 0 nitrogen and oxygen atoms in total. The van der Waals surface area contributed by atoms with Crippen molar-refractivity contribution < 1.29 is 0 Å². The second-order valence-corrected chi connectivity index (χ2v) is 0.836. The van der Waals surface area contributed by atoms with Gasteiger partial charge in [0.05, 0.1) is 0 Å².